The fourth-order valence-corrected chi connectivity index (χ4v) is 4.59. The summed E-state index contributed by atoms with van der Waals surface area (Å²) < 4.78 is 0. The Morgan fingerprint density at radius 1 is 0.500 bits per heavy atom. The maximum absolute atomic E-state index is 2.66. The minimum atomic E-state index is 1.16. The number of hydrogen-bond acceptors (Lipinski definition) is 6. The summed E-state index contributed by atoms with van der Waals surface area (Å²) >= 11 is 0. The van der Waals surface area contributed by atoms with E-state index in [1.165, 1.54) is 97.7 Å². The van der Waals surface area contributed by atoms with Crippen LogP contribution in [0.1, 0.15) is 67.2 Å². The van der Waals surface area contributed by atoms with Crippen LogP contribution < -0.4 is 0 Å². The van der Waals surface area contributed by atoms with E-state index >= 15 is 0 Å². The van der Waals surface area contributed by atoms with Crippen LogP contribution in [-0.4, -0.2) is 121 Å². The van der Waals surface area contributed by atoms with Crippen molar-refractivity contribution in [3.05, 3.63) is 0 Å². The molecule has 0 spiro atoms. The van der Waals surface area contributed by atoms with E-state index in [-0.39, 0.29) is 0 Å². The van der Waals surface area contributed by atoms with Crippen LogP contribution in [0.4, 0.5) is 0 Å². The summed E-state index contributed by atoms with van der Waals surface area (Å²) in [7, 11) is 0. The maximum Gasteiger partial charge on any atom is 0.0305 e. The largest absolute Gasteiger partial charge is 0.304 e. The first-order valence-electron chi connectivity index (χ1n) is 13.1. The van der Waals surface area contributed by atoms with Gasteiger partial charge < -0.3 is 14.7 Å². The number of hydrogen-bond donors (Lipinski definition) is 0. The zero-order valence-electron chi connectivity index (χ0n) is 21.4. The second kappa shape index (κ2) is 17.3. The van der Waals surface area contributed by atoms with Gasteiger partial charge in [0, 0.05) is 32.7 Å². The predicted octanol–water partition coefficient (Wildman–Crippen LogP) is 3.32. The maximum atomic E-state index is 2.66. The van der Waals surface area contributed by atoms with E-state index in [1.54, 1.807) is 0 Å². The predicted molar refractivity (Wildman–Crippen MR) is 132 cm³/mol. The molecule has 0 unspecified atom stereocenters. The second-order valence-electron chi connectivity index (χ2n) is 8.50. The van der Waals surface area contributed by atoms with Gasteiger partial charge in [-0.2, -0.15) is 5.12 Å². The summed E-state index contributed by atoms with van der Waals surface area (Å²) in [4.78, 5) is 7.66. The van der Waals surface area contributed by atoms with Gasteiger partial charge in [0.05, 0.1) is 0 Å². The first-order valence-corrected chi connectivity index (χ1v) is 13.1. The van der Waals surface area contributed by atoms with E-state index in [4.69, 9.17) is 0 Å². The van der Waals surface area contributed by atoms with Gasteiger partial charge in [0.15, 0.2) is 0 Å². The van der Waals surface area contributed by atoms with Crippen LogP contribution in [0.25, 0.3) is 0 Å². The van der Waals surface area contributed by atoms with Crippen LogP contribution in [0.3, 0.4) is 0 Å². The lowest BCUT2D eigenvalue weighted by atomic mass is 10.2. The fourth-order valence-electron chi connectivity index (χ4n) is 4.59. The summed E-state index contributed by atoms with van der Waals surface area (Å²) in [5.41, 5.74) is 0. The van der Waals surface area contributed by atoms with Crippen molar-refractivity contribution in [2.45, 2.75) is 67.2 Å². The van der Waals surface area contributed by atoms with Crippen molar-refractivity contribution < 1.29 is 0 Å². The molecule has 0 bridgehead atoms. The first-order chi connectivity index (χ1) is 14.6. The van der Waals surface area contributed by atoms with Crippen molar-refractivity contribution in [1.29, 1.82) is 0 Å². The van der Waals surface area contributed by atoms with E-state index in [9.17, 15) is 0 Å². The van der Waals surface area contributed by atoms with Crippen LogP contribution in [0.5, 0.6) is 0 Å². The third-order valence-electron chi connectivity index (χ3n) is 6.78. The van der Waals surface area contributed by atoms with Crippen molar-refractivity contribution in [2.24, 2.45) is 0 Å². The Hall–Kier alpha value is -0.240. The highest BCUT2D eigenvalue weighted by Crippen LogP contribution is 2.15. The smallest absolute Gasteiger partial charge is 0.0305 e. The van der Waals surface area contributed by atoms with Gasteiger partial charge in [0.1, 0.15) is 0 Å². The molecule has 0 aromatic carbocycles. The molecule has 1 fully saturated rings. The van der Waals surface area contributed by atoms with Crippen molar-refractivity contribution in [2.75, 3.05) is 91.6 Å². The standard InChI is InChI=1S/C24H54N6/c1-7-25(8-2)17-13-20-28-22-16-23-29(21-14-18-26(9-3)10-4)30(28)24-15-19-27(11-5)12-6/h7-24H2,1-6H3. The SMILES string of the molecule is CCN(CC)CCCN1CCCN(CCCN(CC)CC)N1CCCN(CC)CC. The van der Waals surface area contributed by atoms with Gasteiger partial charge in [-0.1, -0.05) is 41.5 Å². The van der Waals surface area contributed by atoms with Gasteiger partial charge in [-0.15, -0.1) is 0 Å². The highest BCUT2D eigenvalue weighted by atomic mass is 15.9. The molecule has 180 valence electrons. The molecule has 1 saturated heterocycles. The molecular formula is C24H54N6. The van der Waals surface area contributed by atoms with Gasteiger partial charge in [0.2, 0.25) is 0 Å². The molecule has 0 aliphatic carbocycles. The molecular weight excluding hydrogens is 372 g/mol. The van der Waals surface area contributed by atoms with E-state index < -0.39 is 0 Å². The second-order valence-corrected chi connectivity index (χ2v) is 8.50. The molecule has 6 heteroatoms. The highest BCUT2D eigenvalue weighted by molar-refractivity contribution is 4.69. The number of nitrogens with zero attached hydrogens (tertiary/aromatic N) is 6. The Morgan fingerprint density at radius 3 is 1.17 bits per heavy atom. The summed E-state index contributed by atoms with van der Waals surface area (Å²) in [6.45, 7) is 30.3. The van der Waals surface area contributed by atoms with E-state index in [0.717, 1.165) is 19.6 Å². The minimum absolute atomic E-state index is 1.16. The highest BCUT2D eigenvalue weighted by Gasteiger charge is 2.26. The van der Waals surface area contributed by atoms with Crippen LogP contribution in [-0.2, 0) is 0 Å². The van der Waals surface area contributed by atoms with Crippen molar-refractivity contribution in [3.63, 3.8) is 0 Å². The first kappa shape index (κ1) is 27.8. The third-order valence-corrected chi connectivity index (χ3v) is 6.78. The molecule has 0 N–H and O–H groups in total. The molecule has 0 amide bonds. The molecule has 0 radical (unpaired) electrons. The fraction of sp³-hybridized carbons (Fsp3) is 1.00. The monoisotopic (exact) mass is 426 g/mol. The van der Waals surface area contributed by atoms with Gasteiger partial charge >= 0.3 is 0 Å². The van der Waals surface area contributed by atoms with Crippen molar-refractivity contribution >= 4 is 0 Å². The summed E-state index contributed by atoms with van der Waals surface area (Å²) in [5.74, 6) is 0. The van der Waals surface area contributed by atoms with Crippen LogP contribution in [0.2, 0.25) is 0 Å². The van der Waals surface area contributed by atoms with Gasteiger partial charge in [-0.05, 0) is 84.6 Å². The third kappa shape index (κ3) is 10.4. The molecule has 0 aromatic rings. The van der Waals surface area contributed by atoms with Crippen LogP contribution in [0, 0.1) is 0 Å². The molecule has 1 aliphatic rings. The average Bonchev–Trinajstić information content (AvgIpc) is 2.78. The Balaban J connectivity index is 2.62. The quantitative estimate of drug-likeness (QED) is 0.332. The topological polar surface area (TPSA) is 19.4 Å². The van der Waals surface area contributed by atoms with Crippen molar-refractivity contribution in [3.8, 4) is 0 Å². The molecule has 1 heterocycles. The summed E-state index contributed by atoms with van der Waals surface area (Å²) in [5, 5.41) is 7.96. The lowest BCUT2D eigenvalue weighted by Crippen LogP contribution is -2.59. The van der Waals surface area contributed by atoms with Gasteiger partial charge in [-0.25, -0.2) is 10.0 Å². The average molecular weight is 427 g/mol. The normalized spacial score (nSPS) is 17.1. The molecule has 1 rings (SSSR count). The van der Waals surface area contributed by atoms with E-state index in [0.29, 0.717) is 0 Å². The van der Waals surface area contributed by atoms with E-state index in [2.05, 4.69) is 71.4 Å². The number of hydrazine groups is 2. The van der Waals surface area contributed by atoms with Gasteiger partial charge in [-0.3, -0.25) is 0 Å². The van der Waals surface area contributed by atoms with Gasteiger partial charge in [0.25, 0.3) is 0 Å². The number of rotatable bonds is 18. The van der Waals surface area contributed by atoms with E-state index in [1.807, 2.05) is 0 Å². The Bertz CT molecular complexity index is 356. The minimum Gasteiger partial charge on any atom is -0.304 e. The Morgan fingerprint density at radius 2 is 0.833 bits per heavy atom. The molecule has 0 atom stereocenters. The zero-order chi connectivity index (χ0) is 22.2. The molecule has 0 saturated carbocycles. The molecule has 6 nitrogen and oxygen atoms in total. The molecule has 0 aromatic heterocycles. The summed E-state index contributed by atoms with van der Waals surface area (Å²) in [6, 6.07) is 0. The van der Waals surface area contributed by atoms with Crippen molar-refractivity contribution in [1.82, 2.24) is 29.8 Å². The lowest BCUT2D eigenvalue weighted by molar-refractivity contribution is -0.212. The van der Waals surface area contributed by atoms with Crippen LogP contribution >= 0.6 is 0 Å². The summed E-state index contributed by atoms with van der Waals surface area (Å²) in [6.07, 6.45) is 5.08. The van der Waals surface area contributed by atoms with Crippen LogP contribution in [0.15, 0.2) is 0 Å². The zero-order valence-corrected chi connectivity index (χ0v) is 21.4. The Kier molecular flexibility index (Phi) is 16.1. The molecule has 30 heavy (non-hydrogen) atoms. The Labute approximate surface area is 189 Å². The molecule has 1 aliphatic heterocycles. The lowest BCUT2D eigenvalue weighted by Gasteiger charge is -2.47.